The first-order chi connectivity index (χ1) is 10.6. The lowest BCUT2D eigenvalue weighted by atomic mass is 9.84. The maximum absolute atomic E-state index is 10.7. The van der Waals surface area contributed by atoms with Gasteiger partial charge in [0.25, 0.3) is 0 Å². The molecule has 1 fully saturated rings. The molecule has 1 aromatic carbocycles. The first-order valence-corrected chi connectivity index (χ1v) is 7.75. The Bertz CT molecular complexity index is 536. The number of rotatable bonds is 6. The molecule has 0 aromatic heterocycles. The minimum atomic E-state index is -0.748. The summed E-state index contributed by atoms with van der Waals surface area (Å²) < 4.78 is 11.4. The summed E-state index contributed by atoms with van der Waals surface area (Å²) in [6.07, 6.45) is 3.66. The molecule has 1 aliphatic rings. The van der Waals surface area contributed by atoms with Gasteiger partial charge >= 0.3 is 5.97 Å². The van der Waals surface area contributed by atoms with Gasteiger partial charge in [-0.1, -0.05) is 35.9 Å². The Morgan fingerprint density at radius 2 is 2.14 bits per heavy atom. The normalized spacial score (nSPS) is 22.5. The Hall–Kier alpha value is -1.65. The van der Waals surface area contributed by atoms with E-state index in [2.05, 4.69) is 25.1 Å². The van der Waals surface area contributed by atoms with E-state index < -0.39 is 5.97 Å². The lowest BCUT2D eigenvalue weighted by molar-refractivity contribution is -0.164. The highest BCUT2D eigenvalue weighted by atomic mass is 16.7. The van der Waals surface area contributed by atoms with E-state index in [-0.39, 0.29) is 18.4 Å². The van der Waals surface area contributed by atoms with Crippen LogP contribution in [0.1, 0.15) is 43.4 Å². The average molecular weight is 304 g/mol. The van der Waals surface area contributed by atoms with Crippen LogP contribution in [-0.2, 0) is 14.3 Å². The molecule has 0 aliphatic carbocycles. The third kappa shape index (κ3) is 4.18. The Kier molecular flexibility index (Phi) is 6.16. The molecule has 0 amide bonds. The topological polar surface area (TPSA) is 55.8 Å². The van der Waals surface area contributed by atoms with Gasteiger partial charge in [-0.15, -0.1) is 0 Å². The molecule has 0 saturated carbocycles. The SMILES string of the molecule is C/C=C(/CCCC(=O)O)[C@@H]1COCO[C@@H]1c1ccccc1C. The number of aliphatic carboxylic acids is 1. The highest BCUT2D eigenvalue weighted by molar-refractivity contribution is 5.66. The molecule has 0 spiro atoms. The number of carbonyl (C=O) groups is 1. The van der Waals surface area contributed by atoms with Gasteiger partial charge in [-0.25, -0.2) is 0 Å². The van der Waals surface area contributed by atoms with Crippen molar-refractivity contribution in [3.8, 4) is 0 Å². The third-order valence-corrected chi connectivity index (χ3v) is 4.19. The van der Waals surface area contributed by atoms with Crippen molar-refractivity contribution in [2.75, 3.05) is 13.4 Å². The van der Waals surface area contributed by atoms with Gasteiger partial charge in [0, 0.05) is 12.3 Å². The Morgan fingerprint density at radius 1 is 1.36 bits per heavy atom. The van der Waals surface area contributed by atoms with Gasteiger partial charge in [0.15, 0.2) is 0 Å². The Morgan fingerprint density at radius 3 is 2.82 bits per heavy atom. The molecule has 1 heterocycles. The maximum atomic E-state index is 10.7. The number of carboxylic acid groups (broad SMARTS) is 1. The van der Waals surface area contributed by atoms with Crippen LogP contribution in [0.2, 0.25) is 0 Å². The van der Waals surface area contributed by atoms with Gasteiger partial charge in [-0.05, 0) is 37.8 Å². The van der Waals surface area contributed by atoms with Crippen molar-refractivity contribution in [2.24, 2.45) is 5.92 Å². The maximum Gasteiger partial charge on any atom is 0.303 e. The minimum Gasteiger partial charge on any atom is -0.481 e. The highest BCUT2D eigenvalue weighted by Gasteiger charge is 2.31. The van der Waals surface area contributed by atoms with Crippen molar-refractivity contribution in [3.63, 3.8) is 0 Å². The number of hydrogen-bond donors (Lipinski definition) is 1. The lowest BCUT2D eigenvalue weighted by Gasteiger charge is -2.34. The monoisotopic (exact) mass is 304 g/mol. The second-order valence-corrected chi connectivity index (χ2v) is 5.65. The summed E-state index contributed by atoms with van der Waals surface area (Å²) in [4.78, 5) is 10.7. The second-order valence-electron chi connectivity index (χ2n) is 5.65. The molecule has 0 bridgehead atoms. The fourth-order valence-electron chi connectivity index (χ4n) is 3.00. The molecule has 4 nitrogen and oxygen atoms in total. The van der Waals surface area contributed by atoms with Crippen LogP contribution >= 0.6 is 0 Å². The van der Waals surface area contributed by atoms with E-state index in [0.717, 1.165) is 6.42 Å². The first kappa shape index (κ1) is 16.7. The van der Waals surface area contributed by atoms with Crippen LogP contribution in [-0.4, -0.2) is 24.5 Å². The van der Waals surface area contributed by atoms with E-state index in [1.54, 1.807) is 0 Å². The van der Waals surface area contributed by atoms with E-state index >= 15 is 0 Å². The van der Waals surface area contributed by atoms with E-state index in [0.29, 0.717) is 19.8 Å². The van der Waals surface area contributed by atoms with Crippen molar-refractivity contribution < 1.29 is 19.4 Å². The van der Waals surface area contributed by atoms with Crippen molar-refractivity contribution in [1.82, 2.24) is 0 Å². The molecule has 2 rings (SSSR count). The predicted molar refractivity (Wildman–Crippen MR) is 84.6 cm³/mol. The molecular weight excluding hydrogens is 280 g/mol. The van der Waals surface area contributed by atoms with Crippen LogP contribution in [0.5, 0.6) is 0 Å². The number of hydrogen-bond acceptors (Lipinski definition) is 3. The van der Waals surface area contributed by atoms with Crippen LogP contribution in [0.25, 0.3) is 0 Å². The van der Waals surface area contributed by atoms with Crippen LogP contribution < -0.4 is 0 Å². The molecule has 1 N–H and O–H groups in total. The largest absolute Gasteiger partial charge is 0.481 e. The van der Waals surface area contributed by atoms with Gasteiger partial charge in [0.1, 0.15) is 6.79 Å². The van der Waals surface area contributed by atoms with Crippen molar-refractivity contribution >= 4 is 5.97 Å². The Labute approximate surface area is 131 Å². The Balaban J connectivity index is 2.14. The predicted octanol–water partition coefficient (Wildman–Crippen LogP) is 3.86. The highest BCUT2D eigenvalue weighted by Crippen LogP contribution is 2.37. The van der Waals surface area contributed by atoms with Gasteiger partial charge in [-0.2, -0.15) is 0 Å². The minimum absolute atomic E-state index is 0.0222. The molecular formula is C18H24O4. The zero-order valence-corrected chi connectivity index (χ0v) is 13.2. The van der Waals surface area contributed by atoms with Gasteiger partial charge in [0.2, 0.25) is 0 Å². The summed E-state index contributed by atoms with van der Waals surface area (Å²) >= 11 is 0. The van der Waals surface area contributed by atoms with E-state index in [9.17, 15) is 4.79 Å². The standard InChI is InChI=1S/C18H24O4/c1-3-14(8-6-10-17(19)20)16-11-21-12-22-18(16)15-9-5-4-7-13(15)2/h3-5,7,9,16,18H,6,8,10-12H2,1-2H3,(H,19,20)/b14-3-/t16-,18+/m0/s1. The third-order valence-electron chi connectivity index (χ3n) is 4.19. The van der Waals surface area contributed by atoms with Crippen LogP contribution in [0, 0.1) is 12.8 Å². The molecule has 120 valence electrons. The van der Waals surface area contributed by atoms with Crippen LogP contribution in [0.4, 0.5) is 0 Å². The van der Waals surface area contributed by atoms with Gasteiger partial charge in [0.05, 0.1) is 12.7 Å². The van der Waals surface area contributed by atoms with E-state index in [1.807, 2.05) is 19.1 Å². The molecule has 0 radical (unpaired) electrons. The number of aryl methyl sites for hydroxylation is 1. The number of ether oxygens (including phenoxy) is 2. The molecule has 1 aromatic rings. The zero-order valence-electron chi connectivity index (χ0n) is 13.2. The summed E-state index contributed by atoms with van der Waals surface area (Å²) in [6.45, 7) is 5.01. The molecule has 2 atom stereocenters. The van der Waals surface area contributed by atoms with Crippen LogP contribution in [0.15, 0.2) is 35.9 Å². The van der Waals surface area contributed by atoms with Crippen molar-refractivity contribution in [3.05, 3.63) is 47.0 Å². The summed E-state index contributed by atoms with van der Waals surface area (Å²) in [6, 6.07) is 8.24. The molecule has 0 unspecified atom stereocenters. The van der Waals surface area contributed by atoms with E-state index in [4.69, 9.17) is 14.6 Å². The van der Waals surface area contributed by atoms with E-state index in [1.165, 1.54) is 16.7 Å². The summed E-state index contributed by atoms with van der Waals surface area (Å²) in [5.41, 5.74) is 3.61. The van der Waals surface area contributed by atoms with Crippen molar-refractivity contribution in [2.45, 2.75) is 39.2 Å². The summed E-state index contributed by atoms with van der Waals surface area (Å²) in [7, 11) is 0. The smallest absolute Gasteiger partial charge is 0.303 e. The molecule has 1 saturated heterocycles. The number of benzene rings is 1. The lowest BCUT2D eigenvalue weighted by Crippen LogP contribution is -2.30. The second kappa shape index (κ2) is 8.11. The molecule has 1 aliphatic heterocycles. The summed E-state index contributed by atoms with van der Waals surface area (Å²) in [5.74, 6) is -0.601. The number of allylic oxidation sites excluding steroid dienone is 1. The zero-order chi connectivity index (χ0) is 15.9. The fraction of sp³-hybridized carbons (Fsp3) is 0.500. The van der Waals surface area contributed by atoms with Gasteiger partial charge < -0.3 is 14.6 Å². The average Bonchev–Trinajstić information content (AvgIpc) is 2.52. The number of carboxylic acids is 1. The van der Waals surface area contributed by atoms with Crippen LogP contribution in [0.3, 0.4) is 0 Å². The fourth-order valence-corrected chi connectivity index (χ4v) is 3.00. The quantitative estimate of drug-likeness (QED) is 0.811. The molecule has 4 heteroatoms. The summed E-state index contributed by atoms with van der Waals surface area (Å²) in [5, 5.41) is 8.81. The van der Waals surface area contributed by atoms with Gasteiger partial charge in [-0.3, -0.25) is 4.79 Å². The molecule has 22 heavy (non-hydrogen) atoms. The van der Waals surface area contributed by atoms with Crippen molar-refractivity contribution in [1.29, 1.82) is 0 Å². The first-order valence-electron chi connectivity index (χ1n) is 7.75.